The SMILES string of the molecule is COc1ccccc1-n1c(SC(C)C#N)nc2cc([N+](=O)[O-])ccc21. The van der Waals surface area contributed by atoms with Crippen molar-refractivity contribution in [2.24, 2.45) is 0 Å². The average Bonchev–Trinajstić information content (AvgIpc) is 2.98. The van der Waals surface area contributed by atoms with Crippen molar-refractivity contribution in [3.05, 3.63) is 52.6 Å². The average molecular weight is 354 g/mol. The van der Waals surface area contributed by atoms with E-state index in [1.165, 1.54) is 23.9 Å². The van der Waals surface area contributed by atoms with Gasteiger partial charge in [-0.05, 0) is 25.1 Å². The number of hydrogen-bond donors (Lipinski definition) is 0. The van der Waals surface area contributed by atoms with E-state index < -0.39 is 4.92 Å². The summed E-state index contributed by atoms with van der Waals surface area (Å²) in [6.07, 6.45) is 0. The molecule has 0 N–H and O–H groups in total. The van der Waals surface area contributed by atoms with E-state index in [2.05, 4.69) is 11.1 Å². The van der Waals surface area contributed by atoms with Crippen molar-refractivity contribution in [3.8, 4) is 17.5 Å². The number of nitriles is 1. The molecule has 1 atom stereocenters. The van der Waals surface area contributed by atoms with Crippen LogP contribution in [0.5, 0.6) is 5.75 Å². The molecule has 1 unspecified atom stereocenters. The molecule has 1 aromatic heterocycles. The van der Waals surface area contributed by atoms with Crippen molar-refractivity contribution in [1.82, 2.24) is 9.55 Å². The second-order valence-electron chi connectivity index (χ2n) is 5.22. The lowest BCUT2D eigenvalue weighted by molar-refractivity contribution is -0.384. The fourth-order valence-electron chi connectivity index (χ4n) is 2.47. The van der Waals surface area contributed by atoms with Crippen LogP contribution in [0.3, 0.4) is 0 Å². The van der Waals surface area contributed by atoms with Crippen molar-refractivity contribution in [1.29, 1.82) is 5.26 Å². The number of fused-ring (bicyclic) bond motifs is 1. The fraction of sp³-hybridized carbons (Fsp3) is 0.176. The van der Waals surface area contributed by atoms with Crippen LogP contribution < -0.4 is 4.74 Å². The molecule has 0 aliphatic carbocycles. The number of nitrogens with zero attached hydrogens (tertiary/aromatic N) is 4. The standard InChI is InChI=1S/C17H14N4O3S/c1-11(10-18)25-17-19-13-9-12(21(22)23)7-8-14(13)20(17)15-5-3-4-6-16(15)24-2/h3-9,11H,1-2H3. The summed E-state index contributed by atoms with van der Waals surface area (Å²) in [4.78, 5) is 15.1. The van der Waals surface area contributed by atoms with Crippen LogP contribution in [0.15, 0.2) is 47.6 Å². The van der Waals surface area contributed by atoms with E-state index in [-0.39, 0.29) is 10.9 Å². The van der Waals surface area contributed by atoms with Gasteiger partial charge in [0.2, 0.25) is 0 Å². The lowest BCUT2D eigenvalue weighted by Crippen LogP contribution is -2.02. The zero-order valence-electron chi connectivity index (χ0n) is 13.5. The summed E-state index contributed by atoms with van der Waals surface area (Å²) < 4.78 is 7.29. The molecular formula is C17H14N4O3S. The highest BCUT2D eigenvalue weighted by Crippen LogP contribution is 2.34. The molecule has 0 radical (unpaired) electrons. The highest BCUT2D eigenvalue weighted by molar-refractivity contribution is 8.00. The predicted molar refractivity (Wildman–Crippen MR) is 95.2 cm³/mol. The quantitative estimate of drug-likeness (QED) is 0.391. The molecule has 0 aliphatic rings. The number of rotatable bonds is 5. The Hall–Kier alpha value is -3.05. The van der Waals surface area contributed by atoms with Crippen LogP contribution in [0.25, 0.3) is 16.7 Å². The van der Waals surface area contributed by atoms with E-state index in [4.69, 9.17) is 10.00 Å². The molecule has 8 heteroatoms. The maximum Gasteiger partial charge on any atom is 0.271 e. The number of thioether (sulfide) groups is 1. The third-order valence-electron chi connectivity index (χ3n) is 3.61. The summed E-state index contributed by atoms with van der Waals surface area (Å²) in [5, 5.41) is 20.4. The number of non-ortho nitro benzene ring substituents is 1. The highest BCUT2D eigenvalue weighted by atomic mass is 32.2. The molecule has 0 amide bonds. The number of nitro benzene ring substituents is 1. The molecule has 25 heavy (non-hydrogen) atoms. The minimum atomic E-state index is -0.452. The van der Waals surface area contributed by atoms with E-state index in [1.807, 2.05) is 28.8 Å². The van der Waals surface area contributed by atoms with Crippen molar-refractivity contribution in [2.75, 3.05) is 7.11 Å². The minimum absolute atomic E-state index is 0.0259. The summed E-state index contributed by atoms with van der Waals surface area (Å²) >= 11 is 1.29. The zero-order valence-corrected chi connectivity index (χ0v) is 14.4. The first kappa shape index (κ1) is 16.8. The Balaban J connectivity index is 2.28. The van der Waals surface area contributed by atoms with Crippen LogP contribution >= 0.6 is 11.8 Å². The number of aromatic nitrogens is 2. The van der Waals surface area contributed by atoms with Gasteiger partial charge in [0.05, 0.1) is 40.1 Å². The van der Waals surface area contributed by atoms with Crippen LogP contribution in [-0.4, -0.2) is 26.8 Å². The Morgan fingerprint density at radius 2 is 2.12 bits per heavy atom. The number of hydrogen-bond acceptors (Lipinski definition) is 6. The number of imidazole rings is 1. The van der Waals surface area contributed by atoms with Crippen molar-refractivity contribution in [3.63, 3.8) is 0 Å². The fourth-order valence-corrected chi connectivity index (χ4v) is 3.29. The number of benzene rings is 2. The van der Waals surface area contributed by atoms with E-state index in [1.54, 1.807) is 20.1 Å². The monoisotopic (exact) mass is 354 g/mol. The molecule has 0 bridgehead atoms. The van der Waals surface area contributed by atoms with Crippen molar-refractivity contribution >= 4 is 28.5 Å². The zero-order chi connectivity index (χ0) is 18.0. The van der Waals surface area contributed by atoms with Gasteiger partial charge in [-0.25, -0.2) is 4.98 Å². The molecule has 126 valence electrons. The number of para-hydroxylation sites is 2. The van der Waals surface area contributed by atoms with Crippen LogP contribution in [-0.2, 0) is 0 Å². The van der Waals surface area contributed by atoms with E-state index in [0.717, 1.165) is 5.69 Å². The molecule has 7 nitrogen and oxygen atoms in total. The molecule has 0 saturated carbocycles. The molecule has 0 spiro atoms. The van der Waals surface area contributed by atoms with Crippen molar-refractivity contribution in [2.45, 2.75) is 17.3 Å². The van der Waals surface area contributed by atoms with Gasteiger partial charge in [-0.3, -0.25) is 14.7 Å². The van der Waals surface area contributed by atoms with Gasteiger partial charge in [0, 0.05) is 12.1 Å². The molecule has 0 aliphatic heterocycles. The topological polar surface area (TPSA) is 94.0 Å². The van der Waals surface area contributed by atoms with Crippen molar-refractivity contribution < 1.29 is 9.66 Å². The van der Waals surface area contributed by atoms with Crippen LogP contribution in [0.1, 0.15) is 6.92 Å². The summed E-state index contributed by atoms with van der Waals surface area (Å²) in [6, 6.07) is 14.1. The van der Waals surface area contributed by atoms with Gasteiger partial charge in [0.25, 0.3) is 5.69 Å². The number of ether oxygens (including phenoxy) is 1. The molecule has 2 aromatic carbocycles. The Labute approximate surface area is 148 Å². The first-order valence-corrected chi connectivity index (χ1v) is 8.29. The first-order chi connectivity index (χ1) is 12.0. The van der Waals surface area contributed by atoms with Gasteiger partial charge in [0.1, 0.15) is 5.75 Å². The lowest BCUT2D eigenvalue weighted by Gasteiger charge is -2.13. The molecule has 0 fully saturated rings. The van der Waals surface area contributed by atoms with Gasteiger partial charge in [-0.15, -0.1) is 0 Å². The Kier molecular flexibility index (Phi) is 4.59. The van der Waals surface area contributed by atoms with Crippen LogP contribution in [0.4, 0.5) is 5.69 Å². The van der Waals surface area contributed by atoms with E-state index in [9.17, 15) is 10.1 Å². The van der Waals surface area contributed by atoms with Gasteiger partial charge in [0.15, 0.2) is 5.16 Å². The maximum atomic E-state index is 11.0. The molecule has 1 heterocycles. The Bertz CT molecular complexity index is 993. The van der Waals surface area contributed by atoms with Crippen LogP contribution in [0.2, 0.25) is 0 Å². The largest absolute Gasteiger partial charge is 0.495 e. The maximum absolute atomic E-state index is 11.0. The molecular weight excluding hydrogens is 340 g/mol. The molecule has 0 saturated heterocycles. The summed E-state index contributed by atoms with van der Waals surface area (Å²) in [6.45, 7) is 1.78. The first-order valence-electron chi connectivity index (χ1n) is 7.41. The third kappa shape index (κ3) is 3.14. The number of nitro groups is 1. The third-order valence-corrected chi connectivity index (χ3v) is 4.55. The second-order valence-corrected chi connectivity index (χ2v) is 6.53. The van der Waals surface area contributed by atoms with Gasteiger partial charge in [-0.2, -0.15) is 5.26 Å². The molecule has 3 aromatic rings. The predicted octanol–water partition coefficient (Wildman–Crippen LogP) is 3.95. The normalized spacial score (nSPS) is 11.9. The lowest BCUT2D eigenvalue weighted by atomic mass is 10.2. The Morgan fingerprint density at radius 1 is 1.36 bits per heavy atom. The second kappa shape index (κ2) is 6.83. The minimum Gasteiger partial charge on any atom is -0.495 e. The summed E-state index contributed by atoms with van der Waals surface area (Å²) in [7, 11) is 1.58. The molecule has 3 rings (SSSR count). The highest BCUT2D eigenvalue weighted by Gasteiger charge is 2.20. The summed E-state index contributed by atoms with van der Waals surface area (Å²) in [5.41, 5.74) is 1.94. The van der Waals surface area contributed by atoms with E-state index >= 15 is 0 Å². The smallest absolute Gasteiger partial charge is 0.271 e. The van der Waals surface area contributed by atoms with E-state index in [0.29, 0.717) is 21.9 Å². The van der Waals surface area contributed by atoms with Crippen LogP contribution in [0, 0.1) is 21.4 Å². The summed E-state index contributed by atoms with van der Waals surface area (Å²) in [5.74, 6) is 0.645. The van der Waals surface area contributed by atoms with Gasteiger partial charge >= 0.3 is 0 Å². The number of methoxy groups -OCH3 is 1. The van der Waals surface area contributed by atoms with Gasteiger partial charge in [-0.1, -0.05) is 23.9 Å². The Morgan fingerprint density at radius 3 is 2.80 bits per heavy atom. The van der Waals surface area contributed by atoms with Gasteiger partial charge < -0.3 is 4.74 Å².